The van der Waals surface area contributed by atoms with E-state index in [0.717, 1.165) is 12.8 Å². The van der Waals surface area contributed by atoms with Gasteiger partial charge in [0.25, 0.3) is 0 Å². The average molecular weight is 406 g/mol. The van der Waals surface area contributed by atoms with Gasteiger partial charge in [-0.1, -0.05) is 0 Å². The summed E-state index contributed by atoms with van der Waals surface area (Å²) in [6.07, 6.45) is 2.48. The molecule has 0 unspecified atom stereocenters. The summed E-state index contributed by atoms with van der Waals surface area (Å²) in [5.41, 5.74) is 0. The van der Waals surface area contributed by atoms with Crippen molar-refractivity contribution in [3.8, 4) is 0 Å². The minimum atomic E-state index is -1.77. The van der Waals surface area contributed by atoms with E-state index in [9.17, 15) is 19.2 Å². The van der Waals surface area contributed by atoms with E-state index in [1.807, 2.05) is 0 Å². The Morgan fingerprint density at radius 2 is 1.71 bits per heavy atom. The number of aliphatic carboxylic acids is 2. The Hall–Kier alpha value is -1.12. The summed E-state index contributed by atoms with van der Waals surface area (Å²) in [7, 11) is 0. The first-order valence-corrected chi connectivity index (χ1v) is 9.88. The van der Waals surface area contributed by atoms with Crippen molar-refractivity contribution in [2.24, 2.45) is 0 Å². The van der Waals surface area contributed by atoms with E-state index >= 15 is 0 Å². The zero-order valence-electron chi connectivity index (χ0n) is 12.1. The topological polar surface area (TPSA) is 121 Å². The maximum atomic E-state index is 11.7. The number of nitrogens with one attached hydrogen (secondary N) is 1. The van der Waals surface area contributed by atoms with Crippen LogP contribution in [0.15, 0.2) is 0 Å². The maximum absolute atomic E-state index is 11.7. The molecule has 0 aromatic rings. The number of carbonyl (C=O) groups is 4. The first-order chi connectivity index (χ1) is 9.82. The van der Waals surface area contributed by atoms with Gasteiger partial charge >= 0.3 is 133 Å². The molecule has 0 aromatic heterocycles. The molecule has 0 saturated heterocycles. The van der Waals surface area contributed by atoms with Gasteiger partial charge in [0.1, 0.15) is 0 Å². The second-order valence-corrected chi connectivity index (χ2v) is 9.09. The van der Waals surface area contributed by atoms with Crippen molar-refractivity contribution in [2.75, 3.05) is 6.54 Å². The van der Waals surface area contributed by atoms with Crippen molar-refractivity contribution < 1.29 is 29.4 Å². The fourth-order valence-electron chi connectivity index (χ4n) is 1.64. The molecule has 0 fully saturated rings. The number of rotatable bonds is 12. The Bertz CT molecular complexity index is 385. The Morgan fingerprint density at radius 3 is 2.24 bits per heavy atom. The number of carboxylic acid groups (broad SMARTS) is 2. The molecule has 21 heavy (non-hydrogen) atoms. The molecule has 0 aliphatic rings. The van der Waals surface area contributed by atoms with Gasteiger partial charge in [0.05, 0.1) is 0 Å². The van der Waals surface area contributed by atoms with Gasteiger partial charge in [0.2, 0.25) is 0 Å². The molecule has 0 rings (SSSR count). The Labute approximate surface area is 133 Å². The molecular weight excluding hydrogens is 385 g/mol. The van der Waals surface area contributed by atoms with Crippen LogP contribution in [-0.2, 0) is 19.2 Å². The third-order valence-corrected chi connectivity index (χ3v) is 6.89. The molecule has 2 radical (unpaired) electrons. The molecule has 1 atom stereocenters. The SMILES string of the molecule is CC(=O)NCCCCC[C](=O)[Sn][C@@H](CCC(=O)O)C(=O)O. The second-order valence-electron chi connectivity index (χ2n) is 4.68. The van der Waals surface area contributed by atoms with Crippen molar-refractivity contribution in [1.82, 2.24) is 5.32 Å². The summed E-state index contributed by atoms with van der Waals surface area (Å²) in [5, 5.41) is 20.2. The average Bonchev–Trinajstić information content (AvgIpc) is 2.37. The van der Waals surface area contributed by atoms with Crippen LogP contribution >= 0.6 is 0 Å². The zero-order chi connectivity index (χ0) is 16.3. The number of amides is 1. The molecule has 3 N–H and O–H groups in total. The monoisotopic (exact) mass is 407 g/mol. The fourth-order valence-corrected chi connectivity index (χ4v) is 4.85. The van der Waals surface area contributed by atoms with E-state index in [4.69, 9.17) is 10.2 Å². The summed E-state index contributed by atoms with van der Waals surface area (Å²) >= 11 is -1.77. The van der Waals surface area contributed by atoms with Gasteiger partial charge in [-0.3, -0.25) is 0 Å². The molecule has 1 amide bonds. The summed E-state index contributed by atoms with van der Waals surface area (Å²) in [4.78, 5) is 43.8. The Morgan fingerprint density at radius 1 is 1.05 bits per heavy atom. The molecule has 8 heteroatoms. The molecule has 0 spiro atoms. The van der Waals surface area contributed by atoms with Crippen molar-refractivity contribution >= 4 is 42.8 Å². The molecule has 0 saturated carbocycles. The molecule has 0 aliphatic heterocycles. The van der Waals surface area contributed by atoms with E-state index in [1.54, 1.807) is 0 Å². The molecular formula is C13H21NO6Sn. The molecule has 118 valence electrons. The Kier molecular flexibility index (Phi) is 10.9. The number of unbranched alkanes of at least 4 members (excludes halogenated alkanes) is 2. The number of hydrogen-bond acceptors (Lipinski definition) is 4. The first kappa shape index (κ1) is 19.9. The van der Waals surface area contributed by atoms with Crippen molar-refractivity contribution in [1.29, 1.82) is 0 Å². The quantitative estimate of drug-likeness (QED) is 0.324. The van der Waals surface area contributed by atoms with Gasteiger partial charge in [-0.25, -0.2) is 0 Å². The van der Waals surface area contributed by atoms with Crippen LogP contribution in [0.5, 0.6) is 0 Å². The normalized spacial score (nSPS) is 11.7. The summed E-state index contributed by atoms with van der Waals surface area (Å²) < 4.78 is -0.743. The minimum absolute atomic E-state index is 0.0101. The molecule has 0 heterocycles. The second kappa shape index (κ2) is 11.5. The standard InChI is InChI=1S/C8H14NO2.C5H7O4.Sn/c1-8(11)9-6-4-2-3-5-7-10;6-4(7)2-1-3-5(8)9;/h2-6H2,1H3,(H,9,11);2H,1,3H2,(H,6,7)(H,8,9);. The van der Waals surface area contributed by atoms with E-state index in [0.29, 0.717) is 19.4 Å². The molecule has 0 aromatic carbocycles. The van der Waals surface area contributed by atoms with Crippen LogP contribution in [0.3, 0.4) is 0 Å². The number of carboxylic acids is 2. The van der Waals surface area contributed by atoms with Crippen LogP contribution in [0.1, 0.15) is 45.4 Å². The van der Waals surface area contributed by atoms with Crippen molar-refractivity contribution in [3.05, 3.63) is 0 Å². The van der Waals surface area contributed by atoms with E-state index in [1.165, 1.54) is 6.92 Å². The molecule has 0 aliphatic carbocycles. The van der Waals surface area contributed by atoms with Crippen LogP contribution < -0.4 is 5.32 Å². The van der Waals surface area contributed by atoms with Gasteiger partial charge in [-0.05, 0) is 0 Å². The van der Waals surface area contributed by atoms with E-state index in [2.05, 4.69) is 5.32 Å². The molecule has 7 nitrogen and oxygen atoms in total. The van der Waals surface area contributed by atoms with Crippen LogP contribution in [0.4, 0.5) is 0 Å². The van der Waals surface area contributed by atoms with Crippen LogP contribution in [0.25, 0.3) is 0 Å². The van der Waals surface area contributed by atoms with Crippen LogP contribution in [0.2, 0.25) is 3.93 Å². The third kappa shape index (κ3) is 12.3. The third-order valence-electron chi connectivity index (χ3n) is 2.73. The van der Waals surface area contributed by atoms with Gasteiger partial charge in [0.15, 0.2) is 0 Å². The van der Waals surface area contributed by atoms with E-state index in [-0.39, 0.29) is 22.5 Å². The summed E-state index contributed by atoms with van der Waals surface area (Å²) in [6.45, 7) is 2.03. The predicted molar refractivity (Wildman–Crippen MR) is 76.2 cm³/mol. The van der Waals surface area contributed by atoms with Gasteiger partial charge in [-0.2, -0.15) is 0 Å². The number of hydrogen-bond donors (Lipinski definition) is 3. The number of carbonyl (C=O) groups excluding carboxylic acids is 2. The van der Waals surface area contributed by atoms with Gasteiger partial charge in [0, 0.05) is 0 Å². The van der Waals surface area contributed by atoms with Crippen molar-refractivity contribution in [2.45, 2.75) is 49.4 Å². The zero-order valence-corrected chi connectivity index (χ0v) is 14.9. The van der Waals surface area contributed by atoms with Crippen molar-refractivity contribution in [3.63, 3.8) is 0 Å². The van der Waals surface area contributed by atoms with Crippen LogP contribution in [-0.4, -0.2) is 59.5 Å². The summed E-state index contributed by atoms with van der Waals surface area (Å²) in [6, 6.07) is 0. The van der Waals surface area contributed by atoms with Crippen LogP contribution in [0, 0.1) is 0 Å². The fraction of sp³-hybridized carbons (Fsp3) is 0.692. The van der Waals surface area contributed by atoms with E-state index < -0.39 is 37.0 Å². The van der Waals surface area contributed by atoms with Gasteiger partial charge < -0.3 is 0 Å². The van der Waals surface area contributed by atoms with Gasteiger partial charge in [-0.15, -0.1) is 0 Å². The molecule has 0 bridgehead atoms. The first-order valence-electron chi connectivity index (χ1n) is 6.81. The summed E-state index contributed by atoms with van der Waals surface area (Å²) in [5.74, 6) is -2.17. The predicted octanol–water partition coefficient (Wildman–Crippen LogP) is 0.652. The Balaban J connectivity index is 3.85.